The standard InChI is InChI=1S/C17H29N3/c1-14-9-12-19-13-15(14)16(18-2)17(20(3)4)10-7-5-6-8-11-17/h9,12-13,16,18H,5-8,10-11H2,1-4H3. The number of pyridine rings is 1. The third-order valence-electron chi connectivity index (χ3n) is 5.08. The normalized spacial score (nSPS) is 20.6. The van der Waals surface area contributed by atoms with Gasteiger partial charge in [-0.3, -0.25) is 4.98 Å². The van der Waals surface area contributed by atoms with Gasteiger partial charge in [0.2, 0.25) is 0 Å². The summed E-state index contributed by atoms with van der Waals surface area (Å²) in [7, 11) is 6.57. The zero-order chi connectivity index (χ0) is 14.6. The molecular weight excluding hydrogens is 246 g/mol. The van der Waals surface area contributed by atoms with Gasteiger partial charge in [0.05, 0.1) is 6.04 Å². The number of rotatable bonds is 4. The summed E-state index contributed by atoms with van der Waals surface area (Å²) in [5.41, 5.74) is 2.90. The molecule has 0 aromatic carbocycles. The van der Waals surface area contributed by atoms with E-state index in [2.05, 4.69) is 49.3 Å². The minimum atomic E-state index is 0.207. The third kappa shape index (κ3) is 2.89. The van der Waals surface area contributed by atoms with E-state index in [9.17, 15) is 0 Å². The highest BCUT2D eigenvalue weighted by Gasteiger charge is 2.41. The van der Waals surface area contributed by atoms with Crippen molar-refractivity contribution in [3.63, 3.8) is 0 Å². The Balaban J connectivity index is 2.42. The number of aromatic nitrogens is 1. The number of hydrogen-bond donors (Lipinski definition) is 1. The van der Waals surface area contributed by atoms with Gasteiger partial charge in [0.1, 0.15) is 0 Å². The Hall–Kier alpha value is -0.930. The highest BCUT2D eigenvalue weighted by Crippen LogP contribution is 2.41. The van der Waals surface area contributed by atoms with Gasteiger partial charge in [-0.15, -0.1) is 0 Å². The van der Waals surface area contributed by atoms with Crippen LogP contribution >= 0.6 is 0 Å². The number of aryl methyl sites for hydroxylation is 1. The average Bonchev–Trinajstić information content (AvgIpc) is 2.69. The van der Waals surface area contributed by atoms with E-state index in [4.69, 9.17) is 0 Å². The molecule has 0 aliphatic heterocycles. The lowest BCUT2D eigenvalue weighted by Gasteiger charge is -2.46. The molecule has 1 heterocycles. The molecule has 1 N–H and O–H groups in total. The molecule has 0 radical (unpaired) electrons. The van der Waals surface area contributed by atoms with Gasteiger partial charge < -0.3 is 10.2 Å². The first kappa shape index (κ1) is 15.5. The Labute approximate surface area is 123 Å². The van der Waals surface area contributed by atoms with Gasteiger partial charge in [-0.25, -0.2) is 0 Å². The summed E-state index contributed by atoms with van der Waals surface area (Å²) in [5, 5.41) is 3.60. The van der Waals surface area contributed by atoms with E-state index in [1.807, 2.05) is 12.4 Å². The van der Waals surface area contributed by atoms with E-state index in [1.165, 1.54) is 49.7 Å². The first-order chi connectivity index (χ1) is 9.62. The first-order valence-corrected chi connectivity index (χ1v) is 7.87. The van der Waals surface area contributed by atoms with Crippen LogP contribution in [0.15, 0.2) is 18.5 Å². The summed E-state index contributed by atoms with van der Waals surface area (Å²) in [4.78, 5) is 6.81. The maximum absolute atomic E-state index is 4.36. The molecule has 2 rings (SSSR count). The van der Waals surface area contributed by atoms with Crippen molar-refractivity contribution in [1.82, 2.24) is 15.2 Å². The predicted molar refractivity (Wildman–Crippen MR) is 84.9 cm³/mol. The quantitative estimate of drug-likeness (QED) is 0.855. The van der Waals surface area contributed by atoms with Crippen molar-refractivity contribution in [2.24, 2.45) is 0 Å². The van der Waals surface area contributed by atoms with E-state index < -0.39 is 0 Å². The second-order valence-corrected chi connectivity index (χ2v) is 6.37. The van der Waals surface area contributed by atoms with Gasteiger partial charge in [-0.1, -0.05) is 25.7 Å². The topological polar surface area (TPSA) is 28.2 Å². The van der Waals surface area contributed by atoms with E-state index in [0.717, 1.165) is 0 Å². The lowest BCUT2D eigenvalue weighted by atomic mass is 9.77. The van der Waals surface area contributed by atoms with Crippen molar-refractivity contribution in [3.8, 4) is 0 Å². The Kier molecular flexibility index (Phi) is 5.17. The largest absolute Gasteiger partial charge is 0.311 e. The lowest BCUT2D eigenvalue weighted by Crippen LogP contribution is -2.53. The summed E-state index contributed by atoms with van der Waals surface area (Å²) in [6, 6.07) is 2.48. The third-order valence-corrected chi connectivity index (χ3v) is 5.08. The van der Waals surface area contributed by atoms with E-state index in [1.54, 1.807) is 0 Å². The summed E-state index contributed by atoms with van der Waals surface area (Å²) in [6.07, 6.45) is 11.9. The predicted octanol–water partition coefficient (Wildman–Crippen LogP) is 3.31. The van der Waals surface area contributed by atoms with Crippen molar-refractivity contribution in [1.29, 1.82) is 0 Å². The molecule has 0 saturated heterocycles. The molecule has 1 unspecified atom stereocenters. The number of likely N-dealkylation sites (N-methyl/N-ethyl adjacent to an activating group) is 2. The Morgan fingerprint density at radius 2 is 1.85 bits per heavy atom. The molecule has 1 aromatic rings. The van der Waals surface area contributed by atoms with E-state index >= 15 is 0 Å². The average molecular weight is 275 g/mol. The van der Waals surface area contributed by atoms with Gasteiger partial charge in [0.25, 0.3) is 0 Å². The lowest BCUT2D eigenvalue weighted by molar-refractivity contribution is 0.0830. The van der Waals surface area contributed by atoms with Crippen molar-refractivity contribution in [2.45, 2.75) is 57.0 Å². The fraction of sp³-hybridized carbons (Fsp3) is 0.706. The van der Waals surface area contributed by atoms with Crippen LogP contribution in [-0.4, -0.2) is 36.6 Å². The van der Waals surface area contributed by atoms with Gasteiger partial charge in [0, 0.05) is 17.9 Å². The van der Waals surface area contributed by atoms with Crippen LogP contribution in [0.25, 0.3) is 0 Å². The molecule has 0 spiro atoms. The highest BCUT2D eigenvalue weighted by atomic mass is 15.2. The summed E-state index contributed by atoms with van der Waals surface area (Å²) >= 11 is 0. The second kappa shape index (κ2) is 6.68. The molecule has 20 heavy (non-hydrogen) atoms. The first-order valence-electron chi connectivity index (χ1n) is 7.87. The monoisotopic (exact) mass is 275 g/mol. The molecule has 0 amide bonds. The van der Waals surface area contributed by atoms with E-state index in [-0.39, 0.29) is 5.54 Å². The second-order valence-electron chi connectivity index (χ2n) is 6.37. The zero-order valence-electron chi connectivity index (χ0n) is 13.4. The molecule has 0 bridgehead atoms. The van der Waals surface area contributed by atoms with Crippen LogP contribution in [0.1, 0.15) is 55.7 Å². The number of hydrogen-bond acceptors (Lipinski definition) is 3. The smallest absolute Gasteiger partial charge is 0.0522 e. The van der Waals surface area contributed by atoms with Crippen molar-refractivity contribution < 1.29 is 0 Å². The van der Waals surface area contributed by atoms with Gasteiger partial charge in [-0.05, 0) is 58.1 Å². The number of nitrogens with one attached hydrogen (secondary N) is 1. The molecule has 1 aliphatic rings. The van der Waals surface area contributed by atoms with Crippen LogP contribution in [0.3, 0.4) is 0 Å². The summed E-state index contributed by atoms with van der Waals surface area (Å²) < 4.78 is 0. The van der Waals surface area contributed by atoms with Crippen molar-refractivity contribution in [2.75, 3.05) is 21.1 Å². The Bertz CT molecular complexity index is 420. The maximum Gasteiger partial charge on any atom is 0.0522 e. The Morgan fingerprint density at radius 3 is 2.35 bits per heavy atom. The summed E-state index contributed by atoms with van der Waals surface area (Å²) in [6.45, 7) is 2.20. The molecule has 1 fully saturated rings. The van der Waals surface area contributed by atoms with Crippen molar-refractivity contribution >= 4 is 0 Å². The zero-order valence-corrected chi connectivity index (χ0v) is 13.4. The molecule has 1 aromatic heterocycles. The molecule has 3 heteroatoms. The Morgan fingerprint density at radius 1 is 1.20 bits per heavy atom. The maximum atomic E-state index is 4.36. The fourth-order valence-corrected chi connectivity index (χ4v) is 3.83. The minimum absolute atomic E-state index is 0.207. The summed E-state index contributed by atoms with van der Waals surface area (Å²) in [5.74, 6) is 0. The minimum Gasteiger partial charge on any atom is -0.311 e. The number of nitrogens with zero attached hydrogens (tertiary/aromatic N) is 2. The SMILES string of the molecule is CNC(c1cnccc1C)C1(N(C)C)CCCCCC1. The van der Waals surface area contributed by atoms with Crippen LogP contribution in [-0.2, 0) is 0 Å². The van der Waals surface area contributed by atoms with E-state index in [0.29, 0.717) is 6.04 Å². The van der Waals surface area contributed by atoms with Crippen LogP contribution < -0.4 is 5.32 Å². The fourth-order valence-electron chi connectivity index (χ4n) is 3.83. The van der Waals surface area contributed by atoms with Gasteiger partial charge in [0.15, 0.2) is 0 Å². The highest BCUT2D eigenvalue weighted by molar-refractivity contribution is 5.28. The van der Waals surface area contributed by atoms with Gasteiger partial charge in [-0.2, -0.15) is 0 Å². The van der Waals surface area contributed by atoms with Crippen LogP contribution in [0.4, 0.5) is 0 Å². The molecule has 112 valence electrons. The molecule has 1 saturated carbocycles. The van der Waals surface area contributed by atoms with Crippen LogP contribution in [0.5, 0.6) is 0 Å². The molecule has 1 aliphatic carbocycles. The van der Waals surface area contributed by atoms with Gasteiger partial charge >= 0.3 is 0 Å². The van der Waals surface area contributed by atoms with Crippen LogP contribution in [0, 0.1) is 6.92 Å². The molecule has 1 atom stereocenters. The molecule has 3 nitrogen and oxygen atoms in total. The van der Waals surface area contributed by atoms with Crippen LogP contribution in [0.2, 0.25) is 0 Å². The molecular formula is C17H29N3. The van der Waals surface area contributed by atoms with Crippen molar-refractivity contribution in [3.05, 3.63) is 29.6 Å².